The van der Waals surface area contributed by atoms with Gasteiger partial charge in [-0.25, -0.2) is 0 Å². The third kappa shape index (κ3) is 2.64. The molecule has 0 saturated carbocycles. The molecule has 4 rings (SSSR count). The van der Waals surface area contributed by atoms with Crippen LogP contribution in [0.25, 0.3) is 6.08 Å². The van der Waals surface area contributed by atoms with E-state index in [1.807, 2.05) is 42.5 Å². The predicted molar refractivity (Wildman–Crippen MR) is 91.8 cm³/mol. The first-order chi connectivity index (χ1) is 11.7. The maximum atomic E-state index is 12.5. The second-order valence-corrected chi connectivity index (χ2v) is 6.58. The van der Waals surface area contributed by atoms with Crippen LogP contribution in [0.2, 0.25) is 0 Å². The van der Waals surface area contributed by atoms with E-state index in [4.69, 9.17) is 4.74 Å². The Hall–Kier alpha value is -2.42. The summed E-state index contributed by atoms with van der Waals surface area (Å²) in [5.41, 5.74) is 2.49. The molecule has 0 amide bonds. The zero-order valence-corrected chi connectivity index (χ0v) is 13.6. The minimum atomic E-state index is -0.246. The van der Waals surface area contributed by atoms with Crippen LogP contribution in [0.15, 0.2) is 59.1 Å². The number of Topliss-reactive ketones (excluding diaryl/α,β-unsaturated/α-hetero) is 2. The van der Waals surface area contributed by atoms with Crippen LogP contribution in [0.1, 0.15) is 44.1 Å². The molecule has 122 valence electrons. The van der Waals surface area contributed by atoms with E-state index in [1.54, 1.807) is 0 Å². The Balaban J connectivity index is 1.78. The average Bonchev–Trinajstić information content (AvgIpc) is 2.60. The van der Waals surface area contributed by atoms with Gasteiger partial charge in [-0.3, -0.25) is 9.59 Å². The van der Waals surface area contributed by atoms with E-state index in [9.17, 15) is 9.59 Å². The van der Waals surface area contributed by atoms with Crippen molar-refractivity contribution in [1.29, 1.82) is 0 Å². The number of carbonyl (C=O) groups excluding carboxylic acids is 2. The van der Waals surface area contributed by atoms with Gasteiger partial charge in [0.25, 0.3) is 0 Å². The summed E-state index contributed by atoms with van der Waals surface area (Å²) < 4.78 is 6.00. The lowest BCUT2D eigenvalue weighted by atomic mass is 9.76. The van der Waals surface area contributed by atoms with E-state index in [2.05, 4.69) is 0 Å². The third-order valence-electron chi connectivity index (χ3n) is 4.97. The van der Waals surface area contributed by atoms with E-state index in [0.717, 1.165) is 42.8 Å². The smallest absolute Gasteiger partial charge is 0.163 e. The second kappa shape index (κ2) is 6.23. The maximum Gasteiger partial charge on any atom is 0.163 e. The van der Waals surface area contributed by atoms with E-state index < -0.39 is 0 Å². The van der Waals surface area contributed by atoms with Crippen LogP contribution in [0.3, 0.4) is 0 Å². The Morgan fingerprint density at radius 1 is 0.833 bits per heavy atom. The monoisotopic (exact) mass is 320 g/mol. The highest BCUT2D eigenvalue weighted by Gasteiger charge is 2.39. The van der Waals surface area contributed by atoms with E-state index in [1.165, 1.54) is 0 Å². The largest absolute Gasteiger partial charge is 0.465 e. The third-order valence-corrected chi connectivity index (χ3v) is 4.97. The fourth-order valence-electron chi connectivity index (χ4n) is 3.83. The van der Waals surface area contributed by atoms with Gasteiger partial charge in [-0.1, -0.05) is 42.5 Å². The van der Waals surface area contributed by atoms with Gasteiger partial charge in [0.05, 0.1) is 0 Å². The summed E-state index contributed by atoms with van der Waals surface area (Å²) in [5, 5.41) is 0. The van der Waals surface area contributed by atoms with Crippen molar-refractivity contribution in [3.05, 3.63) is 64.6 Å². The summed E-state index contributed by atoms with van der Waals surface area (Å²) in [6.07, 6.45) is 8.38. The van der Waals surface area contributed by atoms with Gasteiger partial charge in [0.1, 0.15) is 11.5 Å². The quantitative estimate of drug-likeness (QED) is 0.813. The van der Waals surface area contributed by atoms with Gasteiger partial charge in [-0.05, 0) is 18.4 Å². The van der Waals surface area contributed by atoms with Gasteiger partial charge in [-0.2, -0.15) is 0 Å². The van der Waals surface area contributed by atoms with Gasteiger partial charge < -0.3 is 4.74 Å². The molecule has 0 spiro atoms. The molecular weight excluding hydrogens is 300 g/mol. The first-order valence-corrected chi connectivity index (χ1v) is 8.67. The highest BCUT2D eigenvalue weighted by Crippen LogP contribution is 2.43. The Kier molecular flexibility index (Phi) is 3.93. The number of carbonyl (C=O) groups is 2. The number of allylic oxidation sites excluding steroid dienone is 5. The summed E-state index contributed by atoms with van der Waals surface area (Å²) in [7, 11) is 0. The average molecular weight is 320 g/mol. The lowest BCUT2D eigenvalue weighted by Gasteiger charge is -2.34. The van der Waals surface area contributed by atoms with Crippen molar-refractivity contribution in [2.45, 2.75) is 38.5 Å². The Bertz CT molecular complexity index is 739. The summed E-state index contributed by atoms with van der Waals surface area (Å²) in [6.45, 7) is 0. The zero-order chi connectivity index (χ0) is 16.5. The fourth-order valence-corrected chi connectivity index (χ4v) is 3.83. The van der Waals surface area contributed by atoms with Gasteiger partial charge in [0, 0.05) is 42.7 Å². The van der Waals surface area contributed by atoms with Crippen molar-refractivity contribution < 1.29 is 14.3 Å². The molecule has 1 aromatic rings. The first-order valence-electron chi connectivity index (χ1n) is 8.67. The molecule has 24 heavy (non-hydrogen) atoms. The van der Waals surface area contributed by atoms with Crippen molar-refractivity contribution in [2.75, 3.05) is 0 Å². The lowest BCUT2D eigenvalue weighted by molar-refractivity contribution is -0.117. The van der Waals surface area contributed by atoms with Crippen LogP contribution >= 0.6 is 0 Å². The van der Waals surface area contributed by atoms with E-state index >= 15 is 0 Å². The highest BCUT2D eigenvalue weighted by atomic mass is 16.5. The molecule has 0 radical (unpaired) electrons. The molecular formula is C21H20O3. The lowest BCUT2D eigenvalue weighted by Crippen LogP contribution is -2.30. The minimum Gasteiger partial charge on any atom is -0.465 e. The molecule has 0 aromatic heterocycles. The molecule has 1 heterocycles. The van der Waals surface area contributed by atoms with Crippen molar-refractivity contribution in [3.63, 3.8) is 0 Å². The second-order valence-electron chi connectivity index (χ2n) is 6.58. The number of rotatable bonds is 2. The molecule has 1 aromatic carbocycles. The van der Waals surface area contributed by atoms with Crippen molar-refractivity contribution >= 4 is 17.6 Å². The molecule has 0 N–H and O–H groups in total. The number of benzene rings is 1. The number of ether oxygens (including phenoxy) is 1. The molecule has 0 fully saturated rings. The first kappa shape index (κ1) is 15.1. The molecule has 1 aliphatic heterocycles. The Morgan fingerprint density at radius 2 is 1.42 bits per heavy atom. The molecule has 3 heteroatoms. The summed E-state index contributed by atoms with van der Waals surface area (Å²) >= 11 is 0. The van der Waals surface area contributed by atoms with E-state index in [0.29, 0.717) is 24.0 Å². The minimum absolute atomic E-state index is 0.129. The van der Waals surface area contributed by atoms with Gasteiger partial charge in [0.15, 0.2) is 11.6 Å². The molecule has 2 aliphatic carbocycles. The fraction of sp³-hybridized carbons (Fsp3) is 0.333. The maximum absolute atomic E-state index is 12.5. The Morgan fingerprint density at radius 3 is 2.00 bits per heavy atom. The van der Waals surface area contributed by atoms with Gasteiger partial charge in [0.2, 0.25) is 0 Å². The van der Waals surface area contributed by atoms with E-state index in [-0.39, 0.29) is 17.5 Å². The number of ketones is 2. The van der Waals surface area contributed by atoms with Crippen LogP contribution in [0, 0.1) is 5.92 Å². The number of hydrogen-bond acceptors (Lipinski definition) is 3. The molecule has 0 atom stereocenters. The summed E-state index contributed by atoms with van der Waals surface area (Å²) in [4.78, 5) is 25.1. The van der Waals surface area contributed by atoms with Crippen LogP contribution in [-0.4, -0.2) is 11.6 Å². The van der Waals surface area contributed by atoms with Gasteiger partial charge in [-0.15, -0.1) is 0 Å². The van der Waals surface area contributed by atoms with Crippen molar-refractivity contribution in [1.82, 2.24) is 0 Å². The van der Waals surface area contributed by atoms with Crippen molar-refractivity contribution in [2.24, 2.45) is 5.92 Å². The topological polar surface area (TPSA) is 43.4 Å². The van der Waals surface area contributed by atoms with Crippen LogP contribution in [-0.2, 0) is 14.3 Å². The summed E-state index contributed by atoms with van der Waals surface area (Å²) in [5.74, 6) is 1.60. The molecule has 0 unspecified atom stereocenters. The van der Waals surface area contributed by atoms with Crippen molar-refractivity contribution in [3.8, 4) is 0 Å². The standard InChI is InChI=1S/C21H20O3/c22-16-8-4-10-18-20(16)15(13-12-14-6-2-1-3-7-14)21-17(23)9-5-11-19(21)24-18/h1-3,6-7,12-13,15H,4-5,8-11H2/b13-12+. The molecule has 3 aliphatic rings. The SMILES string of the molecule is O=C1CCCC2=C1C(/C=C/c1ccccc1)C1=C(CCCC1=O)O2. The summed E-state index contributed by atoms with van der Waals surface area (Å²) in [6, 6.07) is 9.98. The highest BCUT2D eigenvalue weighted by molar-refractivity contribution is 6.04. The normalized spacial score (nSPS) is 21.8. The predicted octanol–water partition coefficient (Wildman–Crippen LogP) is 4.36. The molecule has 3 nitrogen and oxygen atoms in total. The Labute approximate surface area is 141 Å². The number of hydrogen-bond donors (Lipinski definition) is 0. The van der Waals surface area contributed by atoms with Crippen LogP contribution in [0.4, 0.5) is 0 Å². The van der Waals surface area contributed by atoms with Crippen LogP contribution < -0.4 is 0 Å². The van der Waals surface area contributed by atoms with Gasteiger partial charge >= 0.3 is 0 Å². The zero-order valence-electron chi connectivity index (χ0n) is 13.6. The molecule has 0 saturated heterocycles. The van der Waals surface area contributed by atoms with Crippen LogP contribution in [0.5, 0.6) is 0 Å². The molecule has 0 bridgehead atoms.